The van der Waals surface area contributed by atoms with E-state index in [4.69, 9.17) is 11.6 Å². The Bertz CT molecular complexity index is 437. The predicted molar refractivity (Wildman–Crippen MR) is 79.9 cm³/mol. The lowest BCUT2D eigenvalue weighted by Crippen LogP contribution is -2.47. The summed E-state index contributed by atoms with van der Waals surface area (Å²) in [6.45, 7) is 7.99. The molecule has 1 aromatic heterocycles. The molecule has 1 saturated heterocycles. The molecule has 3 rings (SSSR count). The average molecular weight is 280 g/mol. The molecule has 1 aliphatic carbocycles. The smallest absolute Gasteiger partial charge is 0.131 e. The summed E-state index contributed by atoms with van der Waals surface area (Å²) in [4.78, 5) is 9.62. The molecule has 0 N–H and O–H groups in total. The maximum atomic E-state index is 5.85. The van der Waals surface area contributed by atoms with Crippen molar-refractivity contribution in [3.8, 4) is 0 Å². The molecule has 4 heteroatoms. The quantitative estimate of drug-likeness (QED) is 0.790. The van der Waals surface area contributed by atoms with Gasteiger partial charge in [-0.1, -0.05) is 0 Å². The Morgan fingerprint density at radius 2 is 2.00 bits per heavy atom. The lowest BCUT2D eigenvalue weighted by molar-refractivity contribution is 0.247. The van der Waals surface area contributed by atoms with E-state index in [1.807, 2.05) is 6.20 Å². The molecule has 1 aliphatic heterocycles. The van der Waals surface area contributed by atoms with E-state index in [1.165, 1.54) is 38.0 Å². The first-order chi connectivity index (χ1) is 9.26. The van der Waals surface area contributed by atoms with Gasteiger partial charge in [0.1, 0.15) is 5.82 Å². The number of alkyl halides is 1. The van der Waals surface area contributed by atoms with Gasteiger partial charge in [-0.05, 0) is 42.9 Å². The molecule has 2 fully saturated rings. The van der Waals surface area contributed by atoms with E-state index in [0.29, 0.717) is 5.88 Å². The number of aromatic nitrogens is 1. The summed E-state index contributed by atoms with van der Waals surface area (Å²) < 4.78 is 0. The molecule has 0 bridgehead atoms. The molecule has 0 atom stereocenters. The first-order valence-electron chi connectivity index (χ1n) is 7.25. The van der Waals surface area contributed by atoms with Crippen LogP contribution in [0.3, 0.4) is 0 Å². The van der Waals surface area contributed by atoms with E-state index in [9.17, 15) is 0 Å². The maximum Gasteiger partial charge on any atom is 0.131 e. The van der Waals surface area contributed by atoms with Crippen molar-refractivity contribution in [1.82, 2.24) is 9.88 Å². The third-order valence-electron chi connectivity index (χ3n) is 4.15. The fraction of sp³-hybridized carbons (Fsp3) is 0.667. The molecule has 3 nitrogen and oxygen atoms in total. The molecule has 104 valence electrons. The number of aryl methyl sites for hydroxylation is 1. The topological polar surface area (TPSA) is 19.4 Å². The third-order valence-corrected chi connectivity index (χ3v) is 4.46. The largest absolute Gasteiger partial charge is 0.354 e. The Hall–Kier alpha value is -0.800. The molecule has 19 heavy (non-hydrogen) atoms. The molecule has 0 unspecified atom stereocenters. The van der Waals surface area contributed by atoms with Crippen LogP contribution < -0.4 is 4.90 Å². The van der Waals surface area contributed by atoms with Crippen LogP contribution in [0.5, 0.6) is 0 Å². The summed E-state index contributed by atoms with van der Waals surface area (Å²) in [6, 6.07) is 2.16. The summed E-state index contributed by atoms with van der Waals surface area (Å²) in [6.07, 6.45) is 4.80. The highest BCUT2D eigenvalue weighted by molar-refractivity contribution is 6.17. The van der Waals surface area contributed by atoms with Gasteiger partial charge in [-0.2, -0.15) is 0 Å². The fourth-order valence-corrected chi connectivity index (χ4v) is 2.98. The number of anilines is 1. The molecule has 0 amide bonds. The van der Waals surface area contributed by atoms with Crippen molar-refractivity contribution in [3.63, 3.8) is 0 Å². The van der Waals surface area contributed by atoms with Crippen LogP contribution in [0.15, 0.2) is 12.3 Å². The summed E-state index contributed by atoms with van der Waals surface area (Å²) in [7, 11) is 0. The minimum Gasteiger partial charge on any atom is -0.354 e. The van der Waals surface area contributed by atoms with Gasteiger partial charge in [0.25, 0.3) is 0 Å². The molecule has 1 saturated carbocycles. The van der Waals surface area contributed by atoms with E-state index in [2.05, 4.69) is 27.8 Å². The summed E-state index contributed by atoms with van der Waals surface area (Å²) in [5.41, 5.74) is 2.35. The van der Waals surface area contributed by atoms with Crippen LogP contribution in [0, 0.1) is 12.8 Å². The Morgan fingerprint density at radius 1 is 1.26 bits per heavy atom. The van der Waals surface area contributed by atoms with Gasteiger partial charge in [0, 0.05) is 44.8 Å². The monoisotopic (exact) mass is 279 g/mol. The van der Waals surface area contributed by atoms with E-state index < -0.39 is 0 Å². The molecular formula is C15H22ClN3. The second-order valence-electron chi connectivity index (χ2n) is 5.85. The highest BCUT2D eigenvalue weighted by Crippen LogP contribution is 2.30. The van der Waals surface area contributed by atoms with Gasteiger partial charge in [-0.3, -0.25) is 4.90 Å². The van der Waals surface area contributed by atoms with Crippen molar-refractivity contribution in [1.29, 1.82) is 0 Å². The van der Waals surface area contributed by atoms with Crippen molar-refractivity contribution in [2.45, 2.75) is 25.6 Å². The van der Waals surface area contributed by atoms with Gasteiger partial charge in [-0.15, -0.1) is 11.6 Å². The molecular weight excluding hydrogens is 258 g/mol. The second kappa shape index (κ2) is 5.68. The molecule has 2 aliphatic rings. The van der Waals surface area contributed by atoms with Crippen molar-refractivity contribution in [3.05, 3.63) is 23.4 Å². The lowest BCUT2D eigenvalue weighted by atomic mass is 10.2. The number of pyridine rings is 1. The SMILES string of the molecule is Cc1cc(CCl)cnc1N1CCN(CC2CC2)CC1. The highest BCUT2D eigenvalue weighted by Gasteiger charge is 2.26. The zero-order valence-corrected chi connectivity index (χ0v) is 12.4. The van der Waals surface area contributed by atoms with Gasteiger partial charge in [0.15, 0.2) is 0 Å². The van der Waals surface area contributed by atoms with E-state index in [1.54, 1.807) is 0 Å². The van der Waals surface area contributed by atoms with Crippen LogP contribution in [-0.2, 0) is 5.88 Å². The highest BCUT2D eigenvalue weighted by atomic mass is 35.5. The van der Waals surface area contributed by atoms with Crippen LogP contribution >= 0.6 is 11.6 Å². The van der Waals surface area contributed by atoms with Crippen molar-refractivity contribution in [2.24, 2.45) is 5.92 Å². The number of hydrogen-bond donors (Lipinski definition) is 0. The minimum atomic E-state index is 0.545. The van der Waals surface area contributed by atoms with Gasteiger partial charge in [-0.25, -0.2) is 4.98 Å². The van der Waals surface area contributed by atoms with Gasteiger partial charge in [0.05, 0.1) is 0 Å². The first kappa shape index (κ1) is 13.2. The van der Waals surface area contributed by atoms with Crippen LogP contribution in [0.25, 0.3) is 0 Å². The van der Waals surface area contributed by atoms with Gasteiger partial charge < -0.3 is 4.90 Å². The van der Waals surface area contributed by atoms with Crippen LogP contribution in [0.1, 0.15) is 24.0 Å². The predicted octanol–water partition coefficient (Wildman–Crippen LogP) is 2.66. The van der Waals surface area contributed by atoms with Crippen molar-refractivity contribution >= 4 is 17.4 Å². The van der Waals surface area contributed by atoms with Crippen LogP contribution in [-0.4, -0.2) is 42.6 Å². The zero-order valence-electron chi connectivity index (χ0n) is 11.6. The van der Waals surface area contributed by atoms with E-state index >= 15 is 0 Å². The number of halogens is 1. The van der Waals surface area contributed by atoms with E-state index in [0.717, 1.165) is 30.4 Å². The average Bonchev–Trinajstić information content (AvgIpc) is 3.24. The molecule has 0 radical (unpaired) electrons. The summed E-state index contributed by atoms with van der Waals surface area (Å²) in [5, 5.41) is 0. The third kappa shape index (κ3) is 3.21. The first-order valence-corrected chi connectivity index (χ1v) is 7.78. The number of nitrogens with zero attached hydrogens (tertiary/aromatic N) is 3. The van der Waals surface area contributed by atoms with Crippen molar-refractivity contribution in [2.75, 3.05) is 37.6 Å². The minimum absolute atomic E-state index is 0.545. The normalized spacial score (nSPS) is 20.8. The molecule has 0 aromatic carbocycles. The molecule has 0 spiro atoms. The molecule has 1 aromatic rings. The lowest BCUT2D eigenvalue weighted by Gasteiger charge is -2.36. The van der Waals surface area contributed by atoms with Crippen LogP contribution in [0.4, 0.5) is 5.82 Å². The number of hydrogen-bond acceptors (Lipinski definition) is 3. The Balaban J connectivity index is 1.60. The zero-order chi connectivity index (χ0) is 13.2. The Kier molecular flexibility index (Phi) is 3.94. The second-order valence-corrected chi connectivity index (χ2v) is 6.12. The van der Waals surface area contributed by atoms with Gasteiger partial charge >= 0.3 is 0 Å². The Morgan fingerprint density at radius 3 is 2.58 bits per heavy atom. The fourth-order valence-electron chi connectivity index (χ4n) is 2.84. The van der Waals surface area contributed by atoms with Crippen LogP contribution in [0.2, 0.25) is 0 Å². The molecule has 2 heterocycles. The number of rotatable bonds is 4. The maximum absolute atomic E-state index is 5.85. The number of piperazine rings is 1. The van der Waals surface area contributed by atoms with Gasteiger partial charge in [0.2, 0.25) is 0 Å². The standard InChI is InChI=1S/C15H22ClN3/c1-12-8-14(9-16)10-17-15(12)19-6-4-18(5-7-19)11-13-2-3-13/h8,10,13H,2-7,9,11H2,1H3. The Labute approximate surface area is 120 Å². The summed E-state index contributed by atoms with van der Waals surface area (Å²) >= 11 is 5.85. The summed E-state index contributed by atoms with van der Waals surface area (Å²) in [5.74, 6) is 2.68. The van der Waals surface area contributed by atoms with Crippen molar-refractivity contribution < 1.29 is 0 Å². The van der Waals surface area contributed by atoms with E-state index in [-0.39, 0.29) is 0 Å².